The van der Waals surface area contributed by atoms with E-state index < -0.39 is 11.7 Å². The van der Waals surface area contributed by atoms with Crippen LogP contribution in [0.15, 0.2) is 61.1 Å². The number of anilines is 1. The number of hydrogen-bond donors (Lipinski definition) is 1. The number of rotatable bonds is 7. The minimum atomic E-state index is -0.460. The molecule has 4 rings (SSSR count). The Morgan fingerprint density at radius 3 is 2.77 bits per heavy atom. The predicted molar refractivity (Wildman–Crippen MR) is 113 cm³/mol. The van der Waals surface area contributed by atoms with Gasteiger partial charge in [0.2, 0.25) is 5.95 Å². The Balaban J connectivity index is 1.40. The van der Waals surface area contributed by atoms with Gasteiger partial charge in [-0.15, -0.1) is 5.10 Å². The zero-order valence-corrected chi connectivity index (χ0v) is 17.4. The maximum atomic E-state index is 13.2. The summed E-state index contributed by atoms with van der Waals surface area (Å²) < 4.78 is 21.7. The van der Waals surface area contributed by atoms with Gasteiger partial charge >= 0.3 is 0 Å². The molecule has 11 heteroatoms. The Morgan fingerprint density at radius 1 is 1.13 bits per heavy atom. The molecule has 1 N–H and O–H groups in total. The third-order valence-corrected chi connectivity index (χ3v) is 4.90. The van der Waals surface area contributed by atoms with Gasteiger partial charge in [-0.1, -0.05) is 41.4 Å². The number of benzene rings is 2. The van der Waals surface area contributed by atoms with Crippen molar-refractivity contribution in [3.63, 3.8) is 0 Å². The second-order valence-corrected chi connectivity index (χ2v) is 7.19. The molecule has 2 aromatic carbocycles. The number of aromatic nitrogens is 5. The first-order chi connectivity index (χ1) is 15.0. The number of carbonyl (C=O) groups is 1. The van der Waals surface area contributed by atoms with Crippen LogP contribution in [0.2, 0.25) is 10.0 Å². The Labute approximate surface area is 186 Å². The minimum absolute atomic E-state index is 0.00950. The molecule has 0 unspecified atom stereocenters. The lowest BCUT2D eigenvalue weighted by Crippen LogP contribution is -2.20. The largest absolute Gasteiger partial charge is 0.470 e. The summed E-state index contributed by atoms with van der Waals surface area (Å²) in [5, 5.41) is 11.6. The summed E-state index contributed by atoms with van der Waals surface area (Å²) in [6.07, 6.45) is 2.92. The van der Waals surface area contributed by atoms with E-state index in [4.69, 9.17) is 27.9 Å². The van der Waals surface area contributed by atoms with Crippen molar-refractivity contribution < 1.29 is 13.9 Å². The molecule has 0 bridgehead atoms. The summed E-state index contributed by atoms with van der Waals surface area (Å²) in [5.74, 6) is -0.304. The molecule has 0 aliphatic heterocycles. The molecule has 158 valence electrons. The predicted octanol–water partition coefficient (Wildman–Crippen LogP) is 4.26. The van der Waals surface area contributed by atoms with Gasteiger partial charge in [-0.25, -0.2) is 18.7 Å². The van der Waals surface area contributed by atoms with Crippen LogP contribution in [-0.4, -0.2) is 30.5 Å². The van der Waals surface area contributed by atoms with E-state index in [1.165, 1.54) is 34.0 Å². The molecule has 0 saturated heterocycles. The Morgan fingerprint density at radius 2 is 1.97 bits per heavy atom. The Kier molecular flexibility index (Phi) is 6.15. The highest BCUT2D eigenvalue weighted by Crippen LogP contribution is 2.23. The smallest absolute Gasteiger partial charge is 0.276 e. The number of hydrogen-bond acceptors (Lipinski definition) is 5. The fourth-order valence-corrected chi connectivity index (χ4v) is 3.16. The zero-order valence-electron chi connectivity index (χ0n) is 15.9. The van der Waals surface area contributed by atoms with Crippen LogP contribution in [0.1, 0.15) is 16.1 Å². The standard InChI is InChI=1S/C20H15Cl2FN6O2/c21-15-3-1-2-4-18(15)31-12-29-17(7-8-25-29)19(30)26-20-24-11-28(27-20)10-13-5-6-14(23)9-16(13)22/h1-9,11H,10,12H2,(H,26,27,30). The molecule has 2 aromatic heterocycles. The zero-order chi connectivity index (χ0) is 21.8. The van der Waals surface area contributed by atoms with Crippen LogP contribution in [0, 0.1) is 5.82 Å². The van der Waals surface area contributed by atoms with Crippen molar-refractivity contribution in [3.8, 4) is 5.75 Å². The van der Waals surface area contributed by atoms with Gasteiger partial charge in [0.25, 0.3) is 5.91 Å². The molecule has 0 fully saturated rings. The van der Waals surface area contributed by atoms with Gasteiger partial charge in [-0.3, -0.25) is 10.1 Å². The molecule has 31 heavy (non-hydrogen) atoms. The second-order valence-electron chi connectivity index (χ2n) is 6.38. The second kappa shape index (κ2) is 9.15. The van der Waals surface area contributed by atoms with Crippen LogP contribution in [0.4, 0.5) is 10.3 Å². The highest BCUT2D eigenvalue weighted by molar-refractivity contribution is 6.32. The van der Waals surface area contributed by atoms with Crippen molar-refractivity contribution in [2.45, 2.75) is 13.3 Å². The maximum Gasteiger partial charge on any atom is 0.276 e. The molecular formula is C20H15Cl2FN6O2. The van der Waals surface area contributed by atoms with Crippen molar-refractivity contribution in [1.29, 1.82) is 0 Å². The molecule has 0 radical (unpaired) electrons. The first-order valence-corrected chi connectivity index (χ1v) is 9.79. The van der Waals surface area contributed by atoms with E-state index in [-0.39, 0.29) is 29.9 Å². The van der Waals surface area contributed by atoms with Crippen LogP contribution < -0.4 is 10.1 Å². The van der Waals surface area contributed by atoms with E-state index in [0.717, 1.165) is 0 Å². The molecule has 0 atom stereocenters. The molecular weight excluding hydrogens is 446 g/mol. The fourth-order valence-electron chi connectivity index (χ4n) is 2.74. The van der Waals surface area contributed by atoms with Crippen LogP contribution in [0.25, 0.3) is 0 Å². The number of amides is 1. The number of nitrogens with zero attached hydrogens (tertiary/aromatic N) is 5. The Hall–Kier alpha value is -3.43. The highest BCUT2D eigenvalue weighted by atomic mass is 35.5. The molecule has 0 saturated carbocycles. The monoisotopic (exact) mass is 460 g/mol. The lowest BCUT2D eigenvalue weighted by atomic mass is 10.2. The lowest BCUT2D eigenvalue weighted by Gasteiger charge is -2.10. The number of para-hydroxylation sites is 1. The van der Waals surface area contributed by atoms with Crippen molar-refractivity contribution >= 4 is 35.1 Å². The minimum Gasteiger partial charge on any atom is -0.470 e. The maximum absolute atomic E-state index is 13.2. The molecule has 2 heterocycles. The van der Waals surface area contributed by atoms with Crippen molar-refractivity contribution in [2.24, 2.45) is 0 Å². The van der Waals surface area contributed by atoms with Crippen molar-refractivity contribution in [3.05, 3.63) is 88.2 Å². The third kappa shape index (κ3) is 5.01. The van der Waals surface area contributed by atoms with E-state index in [0.29, 0.717) is 16.3 Å². The summed E-state index contributed by atoms with van der Waals surface area (Å²) >= 11 is 12.1. The van der Waals surface area contributed by atoms with Crippen molar-refractivity contribution in [2.75, 3.05) is 5.32 Å². The number of carbonyl (C=O) groups excluding carboxylic acids is 1. The van der Waals surface area contributed by atoms with Gasteiger partial charge in [-0.05, 0) is 35.9 Å². The van der Waals surface area contributed by atoms with E-state index in [9.17, 15) is 9.18 Å². The first-order valence-electron chi connectivity index (χ1n) is 9.03. The van der Waals surface area contributed by atoms with Gasteiger partial charge in [0.15, 0.2) is 6.73 Å². The van der Waals surface area contributed by atoms with Crippen LogP contribution in [0.5, 0.6) is 5.75 Å². The SMILES string of the molecule is O=C(Nc1ncn(Cc2ccc(F)cc2Cl)n1)c1ccnn1COc1ccccc1Cl. The average molecular weight is 461 g/mol. The molecule has 0 aliphatic rings. The van der Waals surface area contributed by atoms with Gasteiger partial charge in [-0.2, -0.15) is 5.10 Å². The van der Waals surface area contributed by atoms with E-state index in [1.807, 2.05) is 0 Å². The topological polar surface area (TPSA) is 86.9 Å². The van der Waals surface area contributed by atoms with Crippen molar-refractivity contribution in [1.82, 2.24) is 24.5 Å². The molecule has 4 aromatic rings. The number of ether oxygens (including phenoxy) is 1. The quantitative estimate of drug-likeness (QED) is 0.445. The van der Waals surface area contributed by atoms with E-state index in [1.54, 1.807) is 36.4 Å². The number of halogens is 3. The molecule has 0 aliphatic carbocycles. The molecule has 0 spiro atoms. The highest BCUT2D eigenvalue weighted by Gasteiger charge is 2.15. The summed E-state index contributed by atoms with van der Waals surface area (Å²) in [6, 6.07) is 12.6. The molecule has 1 amide bonds. The third-order valence-electron chi connectivity index (χ3n) is 4.24. The summed E-state index contributed by atoms with van der Waals surface area (Å²) in [7, 11) is 0. The lowest BCUT2D eigenvalue weighted by molar-refractivity contribution is 0.100. The van der Waals surface area contributed by atoms with Gasteiger partial charge in [0, 0.05) is 11.2 Å². The van der Waals surface area contributed by atoms with Crippen LogP contribution in [0.3, 0.4) is 0 Å². The normalized spacial score (nSPS) is 10.8. The van der Waals surface area contributed by atoms with Gasteiger partial charge < -0.3 is 4.74 Å². The van der Waals surface area contributed by atoms with E-state index >= 15 is 0 Å². The fraction of sp³-hybridized carbons (Fsp3) is 0.100. The summed E-state index contributed by atoms with van der Waals surface area (Å²) in [5.41, 5.74) is 0.922. The summed E-state index contributed by atoms with van der Waals surface area (Å²) in [4.78, 5) is 16.7. The number of nitrogens with one attached hydrogen (secondary N) is 1. The first kappa shape index (κ1) is 20.8. The Bertz CT molecular complexity index is 1230. The average Bonchev–Trinajstić information content (AvgIpc) is 3.39. The van der Waals surface area contributed by atoms with Crippen LogP contribution in [-0.2, 0) is 13.3 Å². The van der Waals surface area contributed by atoms with E-state index in [2.05, 4.69) is 20.5 Å². The van der Waals surface area contributed by atoms with Gasteiger partial charge in [0.1, 0.15) is 23.6 Å². The molecule has 8 nitrogen and oxygen atoms in total. The van der Waals surface area contributed by atoms with Crippen LogP contribution >= 0.6 is 23.2 Å². The summed E-state index contributed by atoms with van der Waals surface area (Å²) in [6.45, 7) is 0.260. The van der Waals surface area contributed by atoms with Gasteiger partial charge in [0.05, 0.1) is 11.6 Å².